The second-order valence-electron chi connectivity index (χ2n) is 5.75. The van der Waals surface area contributed by atoms with Crippen LogP contribution >= 0.6 is 0 Å². The summed E-state index contributed by atoms with van der Waals surface area (Å²) >= 11 is 0. The lowest BCUT2D eigenvalue weighted by molar-refractivity contribution is 0.0664. The predicted octanol–water partition coefficient (Wildman–Crippen LogP) is 3.35. The Kier molecular flexibility index (Phi) is 3.22. The first-order valence-electron chi connectivity index (χ1n) is 6.22. The van der Waals surface area contributed by atoms with Crippen molar-refractivity contribution in [1.29, 1.82) is 5.26 Å². The molecule has 0 bridgehead atoms. The fourth-order valence-electron chi connectivity index (χ4n) is 2.29. The van der Waals surface area contributed by atoms with Gasteiger partial charge in [0.1, 0.15) is 11.8 Å². The van der Waals surface area contributed by atoms with Gasteiger partial charge in [-0.1, -0.05) is 12.1 Å². The molecule has 1 atom stereocenters. The van der Waals surface area contributed by atoms with Crippen LogP contribution in [0.1, 0.15) is 17.5 Å². The summed E-state index contributed by atoms with van der Waals surface area (Å²) in [4.78, 5) is 0. The Labute approximate surface area is 109 Å². The lowest BCUT2D eigenvalue weighted by atomic mass is 9.89. The van der Waals surface area contributed by atoms with Crippen molar-refractivity contribution in [1.82, 2.24) is 0 Å². The van der Waals surface area contributed by atoms with Gasteiger partial charge in [0, 0.05) is 12.0 Å². The zero-order valence-electron chi connectivity index (χ0n) is 11.4. The van der Waals surface area contributed by atoms with Gasteiger partial charge in [-0.05, 0) is 38.2 Å². The number of nitrogens with zero attached hydrogens (tertiary/aromatic N) is 1. The molecule has 18 heavy (non-hydrogen) atoms. The van der Waals surface area contributed by atoms with E-state index >= 15 is 0 Å². The quantitative estimate of drug-likeness (QED) is 0.767. The molecule has 0 radical (unpaired) electrons. The molecule has 1 aromatic carbocycles. The lowest BCUT2D eigenvalue weighted by Crippen LogP contribution is -2.42. The summed E-state index contributed by atoms with van der Waals surface area (Å²) in [6, 6.07) is 8.34. The minimum atomic E-state index is -1.80. The van der Waals surface area contributed by atoms with E-state index in [0.29, 0.717) is 13.0 Å². The van der Waals surface area contributed by atoms with Crippen LogP contribution in [0.25, 0.3) is 0 Å². The molecule has 0 saturated carbocycles. The number of nitriles is 1. The van der Waals surface area contributed by atoms with Gasteiger partial charge in [0.25, 0.3) is 0 Å². The highest BCUT2D eigenvalue weighted by Gasteiger charge is 2.42. The molecule has 1 aromatic rings. The van der Waals surface area contributed by atoms with Gasteiger partial charge in [-0.25, -0.2) is 0 Å². The normalized spacial score (nSPS) is 22.8. The van der Waals surface area contributed by atoms with Crippen LogP contribution < -0.4 is 4.74 Å². The third-order valence-electron chi connectivity index (χ3n) is 2.94. The van der Waals surface area contributed by atoms with Crippen LogP contribution in [0.4, 0.5) is 0 Å². The first-order valence-corrected chi connectivity index (χ1v) is 9.62. The van der Waals surface area contributed by atoms with Crippen molar-refractivity contribution in [3.8, 4) is 11.8 Å². The monoisotopic (exact) mass is 261 g/mol. The standard InChI is InChI=1S/C14H19NO2Si/c1-11-5-6-12-13(9-11)16-8-7-14(12,10-15)17-18(2,3)4/h5-6,9H,7-8H2,1-4H3. The number of hydrogen-bond acceptors (Lipinski definition) is 3. The van der Waals surface area contributed by atoms with Crippen molar-refractivity contribution in [2.75, 3.05) is 6.61 Å². The molecule has 0 saturated heterocycles. The third-order valence-corrected chi connectivity index (χ3v) is 3.91. The van der Waals surface area contributed by atoms with Crippen molar-refractivity contribution in [3.63, 3.8) is 0 Å². The van der Waals surface area contributed by atoms with Gasteiger partial charge in [-0.2, -0.15) is 5.26 Å². The predicted molar refractivity (Wildman–Crippen MR) is 73.0 cm³/mol. The maximum Gasteiger partial charge on any atom is 0.186 e. The topological polar surface area (TPSA) is 42.2 Å². The molecule has 1 unspecified atom stereocenters. The minimum absolute atomic E-state index is 0.536. The minimum Gasteiger partial charge on any atom is -0.493 e. The van der Waals surface area contributed by atoms with E-state index in [1.54, 1.807) is 0 Å². The summed E-state index contributed by atoms with van der Waals surface area (Å²) in [7, 11) is -1.80. The van der Waals surface area contributed by atoms with Crippen LogP contribution in [0.15, 0.2) is 18.2 Å². The number of hydrogen-bond donors (Lipinski definition) is 0. The Morgan fingerprint density at radius 1 is 1.39 bits per heavy atom. The van der Waals surface area contributed by atoms with Crippen LogP contribution in [0.2, 0.25) is 19.6 Å². The molecule has 0 fully saturated rings. The zero-order chi connectivity index (χ0) is 13.4. The average molecular weight is 261 g/mol. The summed E-state index contributed by atoms with van der Waals surface area (Å²) in [5.74, 6) is 0.793. The first kappa shape index (κ1) is 13.1. The summed E-state index contributed by atoms with van der Waals surface area (Å²) in [6.45, 7) is 8.88. The molecule has 1 aliphatic rings. The molecule has 1 heterocycles. The molecule has 0 N–H and O–H groups in total. The lowest BCUT2D eigenvalue weighted by Gasteiger charge is -2.37. The van der Waals surface area contributed by atoms with Gasteiger partial charge in [0.2, 0.25) is 0 Å². The van der Waals surface area contributed by atoms with Crippen LogP contribution in [-0.4, -0.2) is 14.9 Å². The first-order chi connectivity index (χ1) is 8.36. The second kappa shape index (κ2) is 4.41. The van der Waals surface area contributed by atoms with E-state index < -0.39 is 13.9 Å². The molecule has 4 heteroatoms. The maximum absolute atomic E-state index is 9.61. The van der Waals surface area contributed by atoms with E-state index in [0.717, 1.165) is 16.9 Å². The number of fused-ring (bicyclic) bond motifs is 1. The number of aryl methyl sites for hydroxylation is 1. The Hall–Kier alpha value is -1.31. The molecular formula is C14H19NO2Si. The average Bonchev–Trinajstić information content (AvgIpc) is 2.26. The number of ether oxygens (including phenoxy) is 1. The third kappa shape index (κ3) is 2.42. The van der Waals surface area contributed by atoms with E-state index in [-0.39, 0.29) is 0 Å². The van der Waals surface area contributed by atoms with E-state index in [4.69, 9.17) is 9.16 Å². The molecule has 96 valence electrons. The van der Waals surface area contributed by atoms with E-state index in [1.807, 2.05) is 25.1 Å². The van der Waals surface area contributed by atoms with Gasteiger partial charge in [-0.3, -0.25) is 0 Å². The Morgan fingerprint density at radius 3 is 2.72 bits per heavy atom. The van der Waals surface area contributed by atoms with Gasteiger partial charge in [0.05, 0.1) is 6.61 Å². The number of rotatable bonds is 2. The summed E-state index contributed by atoms with van der Waals surface area (Å²) < 4.78 is 11.8. The molecular weight excluding hydrogens is 242 g/mol. The highest BCUT2D eigenvalue weighted by Crippen LogP contribution is 2.41. The highest BCUT2D eigenvalue weighted by atomic mass is 28.4. The van der Waals surface area contributed by atoms with E-state index in [1.165, 1.54) is 0 Å². The fraction of sp³-hybridized carbons (Fsp3) is 0.500. The smallest absolute Gasteiger partial charge is 0.186 e. The van der Waals surface area contributed by atoms with E-state index in [2.05, 4.69) is 25.7 Å². The molecule has 2 rings (SSSR count). The molecule has 3 nitrogen and oxygen atoms in total. The van der Waals surface area contributed by atoms with Crippen molar-refractivity contribution in [2.45, 2.75) is 38.6 Å². The highest BCUT2D eigenvalue weighted by molar-refractivity contribution is 6.69. The Balaban J connectivity index is 2.50. The van der Waals surface area contributed by atoms with Crippen molar-refractivity contribution < 1.29 is 9.16 Å². The fourth-order valence-corrected chi connectivity index (χ4v) is 3.59. The van der Waals surface area contributed by atoms with Crippen molar-refractivity contribution in [2.24, 2.45) is 0 Å². The number of benzene rings is 1. The van der Waals surface area contributed by atoms with Crippen molar-refractivity contribution in [3.05, 3.63) is 29.3 Å². The van der Waals surface area contributed by atoms with E-state index in [9.17, 15) is 5.26 Å². The molecule has 0 aromatic heterocycles. The SMILES string of the molecule is Cc1ccc2c(c1)OCCC2(C#N)O[Si](C)(C)C. The Morgan fingerprint density at radius 2 is 2.11 bits per heavy atom. The summed E-state index contributed by atoms with van der Waals surface area (Å²) in [5.41, 5.74) is 1.19. The van der Waals surface area contributed by atoms with Crippen LogP contribution in [0.5, 0.6) is 5.75 Å². The summed E-state index contributed by atoms with van der Waals surface area (Å²) in [5, 5.41) is 9.61. The molecule has 1 aliphatic heterocycles. The van der Waals surface area contributed by atoms with Crippen LogP contribution in [0.3, 0.4) is 0 Å². The summed E-state index contributed by atoms with van der Waals surface area (Å²) in [6.07, 6.45) is 0.601. The molecule has 0 spiro atoms. The maximum atomic E-state index is 9.61. The van der Waals surface area contributed by atoms with Gasteiger partial charge >= 0.3 is 0 Å². The zero-order valence-corrected chi connectivity index (χ0v) is 12.4. The molecule has 0 amide bonds. The van der Waals surface area contributed by atoms with Crippen molar-refractivity contribution >= 4 is 8.32 Å². The van der Waals surface area contributed by atoms with Gasteiger partial charge in [-0.15, -0.1) is 0 Å². The van der Waals surface area contributed by atoms with Crippen LogP contribution in [-0.2, 0) is 10.0 Å². The largest absolute Gasteiger partial charge is 0.493 e. The molecule has 0 aliphatic carbocycles. The van der Waals surface area contributed by atoms with Crippen LogP contribution in [0, 0.1) is 18.3 Å². The van der Waals surface area contributed by atoms with Gasteiger partial charge in [0.15, 0.2) is 13.9 Å². The Bertz CT molecular complexity index is 501. The second-order valence-corrected chi connectivity index (χ2v) is 10.2. The van der Waals surface area contributed by atoms with Gasteiger partial charge < -0.3 is 9.16 Å².